The summed E-state index contributed by atoms with van der Waals surface area (Å²) in [5.41, 5.74) is 1.78. The van der Waals surface area contributed by atoms with E-state index >= 15 is 0 Å². The van der Waals surface area contributed by atoms with Crippen molar-refractivity contribution in [2.24, 2.45) is 0 Å². The van der Waals surface area contributed by atoms with Crippen LogP contribution in [0.4, 0.5) is 13.2 Å². The Kier molecular flexibility index (Phi) is 4.67. The molecule has 0 saturated carbocycles. The van der Waals surface area contributed by atoms with Crippen LogP contribution in [0.1, 0.15) is 49.7 Å². The third-order valence-electron chi connectivity index (χ3n) is 3.60. The average molecular weight is 268 g/mol. The minimum Gasteiger partial charge on any atom is -0.166 e. The fraction of sp³-hybridized carbons (Fsp3) is 0.500. The lowest BCUT2D eigenvalue weighted by Crippen LogP contribution is -2.04. The van der Waals surface area contributed by atoms with Gasteiger partial charge >= 0.3 is 6.18 Å². The van der Waals surface area contributed by atoms with Crippen LogP contribution in [0.25, 0.3) is 0 Å². The molecular weight excluding hydrogens is 249 g/mol. The van der Waals surface area contributed by atoms with Gasteiger partial charge in [0.2, 0.25) is 0 Å². The molecule has 0 aliphatic heterocycles. The molecular formula is C16H19F3. The second-order valence-corrected chi connectivity index (χ2v) is 5.19. The fourth-order valence-corrected chi connectivity index (χ4v) is 2.49. The van der Waals surface area contributed by atoms with Gasteiger partial charge in [0.25, 0.3) is 0 Å². The van der Waals surface area contributed by atoms with E-state index in [4.69, 9.17) is 0 Å². The SMILES string of the molecule is FC(F)(F)c1ccc(C/C2=C/CCCCCC2)cc1. The van der Waals surface area contributed by atoms with Crippen molar-refractivity contribution in [1.29, 1.82) is 0 Å². The molecule has 0 N–H and O–H groups in total. The Morgan fingerprint density at radius 3 is 2.26 bits per heavy atom. The van der Waals surface area contributed by atoms with Crippen LogP contribution >= 0.6 is 0 Å². The molecule has 1 aromatic carbocycles. The van der Waals surface area contributed by atoms with Crippen LogP contribution < -0.4 is 0 Å². The summed E-state index contributed by atoms with van der Waals surface area (Å²) in [6.45, 7) is 0. The van der Waals surface area contributed by atoms with Crippen molar-refractivity contribution >= 4 is 0 Å². The molecule has 0 nitrogen and oxygen atoms in total. The molecule has 19 heavy (non-hydrogen) atoms. The summed E-state index contributed by atoms with van der Waals surface area (Å²) >= 11 is 0. The van der Waals surface area contributed by atoms with Crippen molar-refractivity contribution in [2.45, 2.75) is 51.1 Å². The number of rotatable bonds is 2. The molecule has 0 unspecified atom stereocenters. The Labute approximate surface area is 112 Å². The molecule has 0 heterocycles. The van der Waals surface area contributed by atoms with E-state index in [1.54, 1.807) is 12.1 Å². The molecule has 0 bridgehead atoms. The predicted molar refractivity (Wildman–Crippen MR) is 70.9 cm³/mol. The minimum atomic E-state index is -4.24. The smallest absolute Gasteiger partial charge is 0.166 e. The number of hydrogen-bond donors (Lipinski definition) is 0. The van der Waals surface area contributed by atoms with Gasteiger partial charge in [-0.05, 0) is 49.8 Å². The molecule has 3 heteroatoms. The molecule has 104 valence electrons. The van der Waals surface area contributed by atoms with Crippen molar-refractivity contribution in [2.75, 3.05) is 0 Å². The van der Waals surface area contributed by atoms with E-state index in [1.807, 2.05) is 0 Å². The standard InChI is InChI=1S/C16H19F3/c17-16(18,19)15-10-8-14(9-11-15)12-13-6-4-2-1-3-5-7-13/h6,8-11H,1-5,7,12H2/b13-6+. The van der Waals surface area contributed by atoms with Crippen molar-refractivity contribution < 1.29 is 13.2 Å². The van der Waals surface area contributed by atoms with Gasteiger partial charge < -0.3 is 0 Å². The summed E-state index contributed by atoms with van der Waals surface area (Å²) in [7, 11) is 0. The minimum absolute atomic E-state index is 0.567. The van der Waals surface area contributed by atoms with Gasteiger partial charge in [-0.1, -0.05) is 36.6 Å². The van der Waals surface area contributed by atoms with Gasteiger partial charge in [-0.25, -0.2) is 0 Å². The number of halogens is 3. The normalized spacial score (nSPS) is 20.3. The first kappa shape index (κ1) is 14.2. The van der Waals surface area contributed by atoms with E-state index in [1.165, 1.54) is 43.4 Å². The monoisotopic (exact) mass is 268 g/mol. The predicted octanol–water partition coefficient (Wildman–Crippen LogP) is 5.53. The summed E-state index contributed by atoms with van der Waals surface area (Å²) < 4.78 is 37.4. The number of alkyl halides is 3. The first-order valence-corrected chi connectivity index (χ1v) is 6.90. The molecule has 0 aromatic heterocycles. The molecule has 1 aliphatic rings. The highest BCUT2D eigenvalue weighted by atomic mass is 19.4. The molecule has 1 aliphatic carbocycles. The molecule has 0 radical (unpaired) electrons. The lowest BCUT2D eigenvalue weighted by Gasteiger charge is -2.12. The first-order chi connectivity index (χ1) is 9.05. The largest absolute Gasteiger partial charge is 0.416 e. The molecule has 0 fully saturated rings. The van der Waals surface area contributed by atoms with E-state index in [0.717, 1.165) is 24.8 Å². The molecule has 0 spiro atoms. The number of benzene rings is 1. The van der Waals surface area contributed by atoms with Crippen LogP contribution in [0.2, 0.25) is 0 Å². The van der Waals surface area contributed by atoms with Crippen LogP contribution in [0.3, 0.4) is 0 Å². The second kappa shape index (κ2) is 6.27. The second-order valence-electron chi connectivity index (χ2n) is 5.19. The molecule has 0 amide bonds. The Hall–Kier alpha value is -1.25. The highest BCUT2D eigenvalue weighted by Gasteiger charge is 2.29. The third kappa shape index (κ3) is 4.41. The molecule has 0 atom stereocenters. The average Bonchev–Trinajstić information content (AvgIpc) is 2.32. The van der Waals surface area contributed by atoms with E-state index in [-0.39, 0.29) is 0 Å². The maximum atomic E-state index is 12.5. The summed E-state index contributed by atoms with van der Waals surface area (Å²) in [4.78, 5) is 0. The number of allylic oxidation sites excluding steroid dienone is 2. The summed E-state index contributed by atoms with van der Waals surface area (Å²) in [6.07, 6.45) is 6.02. The van der Waals surface area contributed by atoms with Crippen LogP contribution in [0.15, 0.2) is 35.9 Å². The van der Waals surface area contributed by atoms with Crippen LogP contribution in [-0.4, -0.2) is 0 Å². The third-order valence-corrected chi connectivity index (χ3v) is 3.60. The number of hydrogen-bond acceptors (Lipinski definition) is 0. The van der Waals surface area contributed by atoms with Crippen LogP contribution in [0.5, 0.6) is 0 Å². The Balaban J connectivity index is 2.02. The van der Waals surface area contributed by atoms with E-state index in [9.17, 15) is 13.2 Å². The Morgan fingerprint density at radius 1 is 0.895 bits per heavy atom. The van der Waals surface area contributed by atoms with Crippen molar-refractivity contribution in [3.05, 3.63) is 47.0 Å². The van der Waals surface area contributed by atoms with E-state index in [0.29, 0.717) is 0 Å². The molecule has 0 saturated heterocycles. The van der Waals surface area contributed by atoms with Gasteiger partial charge in [0.05, 0.1) is 5.56 Å². The molecule has 1 aromatic rings. The maximum Gasteiger partial charge on any atom is 0.416 e. The lowest BCUT2D eigenvalue weighted by atomic mass is 9.95. The highest BCUT2D eigenvalue weighted by molar-refractivity contribution is 5.28. The zero-order valence-corrected chi connectivity index (χ0v) is 11.0. The summed E-state index contributed by atoms with van der Waals surface area (Å²) in [5, 5.41) is 0. The van der Waals surface area contributed by atoms with Crippen LogP contribution in [-0.2, 0) is 12.6 Å². The summed E-state index contributed by atoms with van der Waals surface area (Å²) in [5.74, 6) is 0. The summed E-state index contributed by atoms with van der Waals surface area (Å²) in [6, 6.07) is 5.56. The van der Waals surface area contributed by atoms with Gasteiger partial charge in [0.1, 0.15) is 0 Å². The van der Waals surface area contributed by atoms with Gasteiger partial charge in [-0.2, -0.15) is 13.2 Å². The lowest BCUT2D eigenvalue weighted by molar-refractivity contribution is -0.137. The van der Waals surface area contributed by atoms with Crippen molar-refractivity contribution in [1.82, 2.24) is 0 Å². The zero-order chi connectivity index (χ0) is 13.7. The fourth-order valence-electron chi connectivity index (χ4n) is 2.49. The maximum absolute atomic E-state index is 12.5. The van der Waals surface area contributed by atoms with E-state index < -0.39 is 11.7 Å². The van der Waals surface area contributed by atoms with E-state index in [2.05, 4.69) is 6.08 Å². The van der Waals surface area contributed by atoms with Gasteiger partial charge in [-0.3, -0.25) is 0 Å². The quantitative estimate of drug-likeness (QED) is 0.619. The van der Waals surface area contributed by atoms with Crippen molar-refractivity contribution in [3.63, 3.8) is 0 Å². The van der Waals surface area contributed by atoms with Crippen LogP contribution in [0, 0.1) is 0 Å². The Morgan fingerprint density at radius 2 is 1.58 bits per heavy atom. The molecule has 2 rings (SSSR count). The highest BCUT2D eigenvalue weighted by Crippen LogP contribution is 2.29. The zero-order valence-electron chi connectivity index (χ0n) is 11.0. The van der Waals surface area contributed by atoms with Gasteiger partial charge in [0, 0.05) is 0 Å². The van der Waals surface area contributed by atoms with Crippen molar-refractivity contribution in [3.8, 4) is 0 Å². The van der Waals surface area contributed by atoms with Gasteiger partial charge in [0.15, 0.2) is 0 Å². The topological polar surface area (TPSA) is 0 Å². The van der Waals surface area contributed by atoms with Gasteiger partial charge in [-0.15, -0.1) is 0 Å². The first-order valence-electron chi connectivity index (χ1n) is 6.90. The Bertz CT molecular complexity index is 426.